The van der Waals surface area contributed by atoms with E-state index in [1.807, 2.05) is 29.1 Å². The number of nitrogens with zero attached hydrogens (tertiary/aromatic N) is 3. The number of H-pyrrole nitrogens is 1. The van der Waals surface area contributed by atoms with Crippen molar-refractivity contribution in [3.05, 3.63) is 45.8 Å². The van der Waals surface area contributed by atoms with Gasteiger partial charge in [-0.3, -0.25) is 4.79 Å². The number of hydrogen-bond donors (Lipinski definition) is 1. The molecule has 0 bridgehead atoms. The third kappa shape index (κ3) is 1.76. The molecule has 6 heteroatoms. The van der Waals surface area contributed by atoms with Gasteiger partial charge < -0.3 is 9.55 Å². The maximum absolute atomic E-state index is 11.8. The number of nitrogens with one attached hydrogen (secondary N) is 1. The number of fused-ring (bicyclic) bond motifs is 1. The number of thiophene rings is 1. The van der Waals surface area contributed by atoms with Crippen LogP contribution in [0.1, 0.15) is 11.6 Å². The minimum absolute atomic E-state index is 0.0715. The maximum atomic E-state index is 11.8. The minimum Gasteiger partial charge on any atom is -0.328 e. The molecule has 17 heavy (non-hydrogen) atoms. The Balaban J connectivity index is 2.06. The number of aromatic nitrogens is 4. The first-order valence-electron chi connectivity index (χ1n) is 5.18. The molecule has 86 valence electrons. The molecule has 0 saturated heterocycles. The van der Waals surface area contributed by atoms with Crippen LogP contribution in [0.4, 0.5) is 0 Å². The van der Waals surface area contributed by atoms with Gasteiger partial charge in [-0.05, 0) is 18.4 Å². The second-order valence-corrected chi connectivity index (χ2v) is 4.67. The molecular weight excluding hydrogens is 236 g/mol. The molecule has 3 rings (SSSR count). The van der Waals surface area contributed by atoms with E-state index in [9.17, 15) is 4.79 Å². The first-order chi connectivity index (χ1) is 8.24. The van der Waals surface area contributed by atoms with Gasteiger partial charge in [-0.1, -0.05) is 0 Å². The zero-order valence-electron chi connectivity index (χ0n) is 9.17. The summed E-state index contributed by atoms with van der Waals surface area (Å²) in [4.78, 5) is 23.1. The van der Waals surface area contributed by atoms with Gasteiger partial charge in [-0.25, -0.2) is 9.97 Å². The number of aromatic amines is 1. The van der Waals surface area contributed by atoms with Gasteiger partial charge in [0.15, 0.2) is 0 Å². The van der Waals surface area contributed by atoms with Crippen molar-refractivity contribution in [1.82, 2.24) is 19.5 Å². The summed E-state index contributed by atoms with van der Waals surface area (Å²) in [6.07, 6.45) is 3.60. The third-order valence-corrected chi connectivity index (χ3v) is 3.51. The zero-order valence-corrected chi connectivity index (χ0v) is 9.99. The number of aryl methyl sites for hydroxylation is 1. The Hall–Kier alpha value is -1.95. The molecule has 0 aromatic carbocycles. The summed E-state index contributed by atoms with van der Waals surface area (Å²) in [5.74, 6) is 1.56. The summed E-state index contributed by atoms with van der Waals surface area (Å²) in [6.45, 7) is 2.45. The SMILES string of the molecule is Cc1nccn1Cc1nc2ccsc2c(=O)[nH]1. The van der Waals surface area contributed by atoms with Gasteiger partial charge in [0.05, 0.1) is 12.1 Å². The van der Waals surface area contributed by atoms with Crippen LogP contribution in [-0.2, 0) is 6.54 Å². The minimum atomic E-state index is -0.0715. The molecule has 3 heterocycles. The van der Waals surface area contributed by atoms with Crippen LogP contribution in [0.2, 0.25) is 0 Å². The zero-order chi connectivity index (χ0) is 11.8. The van der Waals surface area contributed by atoms with E-state index in [1.165, 1.54) is 11.3 Å². The fraction of sp³-hybridized carbons (Fsp3) is 0.182. The van der Waals surface area contributed by atoms with Crippen molar-refractivity contribution < 1.29 is 0 Å². The molecular formula is C11H10N4OS. The Labute approximate surface area is 101 Å². The first kappa shape index (κ1) is 10.2. The lowest BCUT2D eigenvalue weighted by molar-refractivity contribution is 0.719. The summed E-state index contributed by atoms with van der Waals surface area (Å²) < 4.78 is 2.62. The Morgan fingerprint density at radius 1 is 1.53 bits per heavy atom. The molecule has 5 nitrogen and oxygen atoms in total. The lowest BCUT2D eigenvalue weighted by atomic mass is 10.4. The lowest BCUT2D eigenvalue weighted by Gasteiger charge is -2.04. The molecule has 0 amide bonds. The quantitative estimate of drug-likeness (QED) is 0.746. The molecule has 0 radical (unpaired) electrons. The second kappa shape index (κ2) is 3.81. The fourth-order valence-electron chi connectivity index (χ4n) is 1.73. The van der Waals surface area contributed by atoms with Crippen LogP contribution in [0.15, 0.2) is 28.6 Å². The van der Waals surface area contributed by atoms with E-state index in [0.29, 0.717) is 17.1 Å². The Morgan fingerprint density at radius 3 is 3.18 bits per heavy atom. The number of rotatable bonds is 2. The average molecular weight is 246 g/mol. The van der Waals surface area contributed by atoms with Crippen molar-refractivity contribution in [2.75, 3.05) is 0 Å². The normalized spacial score (nSPS) is 11.1. The summed E-state index contributed by atoms with van der Waals surface area (Å²) in [5, 5.41) is 1.87. The van der Waals surface area contributed by atoms with Gasteiger partial charge >= 0.3 is 0 Å². The van der Waals surface area contributed by atoms with E-state index >= 15 is 0 Å². The van der Waals surface area contributed by atoms with E-state index in [2.05, 4.69) is 15.0 Å². The smallest absolute Gasteiger partial charge is 0.268 e. The fourth-order valence-corrected chi connectivity index (χ4v) is 2.45. The van der Waals surface area contributed by atoms with Crippen molar-refractivity contribution in [1.29, 1.82) is 0 Å². The molecule has 0 aliphatic heterocycles. The highest BCUT2D eigenvalue weighted by Gasteiger charge is 2.06. The monoisotopic (exact) mass is 246 g/mol. The molecule has 0 spiro atoms. The highest BCUT2D eigenvalue weighted by Crippen LogP contribution is 2.14. The summed E-state index contributed by atoms with van der Waals surface area (Å²) in [7, 11) is 0. The van der Waals surface area contributed by atoms with E-state index in [0.717, 1.165) is 11.3 Å². The van der Waals surface area contributed by atoms with Crippen LogP contribution in [0.3, 0.4) is 0 Å². The van der Waals surface area contributed by atoms with Crippen molar-refractivity contribution in [2.45, 2.75) is 13.5 Å². The highest BCUT2D eigenvalue weighted by atomic mass is 32.1. The van der Waals surface area contributed by atoms with E-state index in [4.69, 9.17) is 0 Å². The van der Waals surface area contributed by atoms with Crippen LogP contribution >= 0.6 is 11.3 Å². The van der Waals surface area contributed by atoms with Gasteiger partial charge in [0.2, 0.25) is 0 Å². The van der Waals surface area contributed by atoms with Crippen molar-refractivity contribution in [3.8, 4) is 0 Å². The molecule has 1 N–H and O–H groups in total. The molecule has 3 aromatic rings. The van der Waals surface area contributed by atoms with Crippen LogP contribution in [-0.4, -0.2) is 19.5 Å². The molecule has 0 unspecified atom stereocenters. The van der Waals surface area contributed by atoms with Crippen LogP contribution in [0.5, 0.6) is 0 Å². The first-order valence-corrected chi connectivity index (χ1v) is 6.06. The summed E-state index contributed by atoms with van der Waals surface area (Å²) in [6, 6.07) is 1.86. The predicted molar refractivity (Wildman–Crippen MR) is 66.3 cm³/mol. The Kier molecular flexibility index (Phi) is 2.29. The third-order valence-electron chi connectivity index (χ3n) is 2.61. The topological polar surface area (TPSA) is 63.6 Å². The molecule has 0 aliphatic carbocycles. The van der Waals surface area contributed by atoms with Crippen molar-refractivity contribution in [3.63, 3.8) is 0 Å². The van der Waals surface area contributed by atoms with E-state index < -0.39 is 0 Å². The van der Waals surface area contributed by atoms with Crippen LogP contribution in [0, 0.1) is 6.92 Å². The molecule has 0 aliphatic rings. The van der Waals surface area contributed by atoms with E-state index in [1.54, 1.807) is 6.20 Å². The number of imidazole rings is 1. The second-order valence-electron chi connectivity index (χ2n) is 3.75. The summed E-state index contributed by atoms with van der Waals surface area (Å²) in [5.41, 5.74) is 0.685. The average Bonchev–Trinajstić information content (AvgIpc) is 2.89. The van der Waals surface area contributed by atoms with Gasteiger partial charge in [-0.2, -0.15) is 0 Å². The van der Waals surface area contributed by atoms with Crippen molar-refractivity contribution in [2.24, 2.45) is 0 Å². The molecule has 0 atom stereocenters. The van der Waals surface area contributed by atoms with Gasteiger partial charge in [-0.15, -0.1) is 11.3 Å². The van der Waals surface area contributed by atoms with Crippen LogP contribution in [0.25, 0.3) is 10.2 Å². The van der Waals surface area contributed by atoms with Crippen LogP contribution < -0.4 is 5.56 Å². The van der Waals surface area contributed by atoms with Crippen molar-refractivity contribution >= 4 is 21.6 Å². The standard InChI is InChI=1S/C11H10N4OS/c1-7-12-3-4-15(7)6-9-13-8-2-5-17-10(8)11(16)14-9/h2-5H,6H2,1H3,(H,13,14,16). The van der Waals surface area contributed by atoms with E-state index in [-0.39, 0.29) is 5.56 Å². The van der Waals surface area contributed by atoms with Gasteiger partial charge in [0, 0.05) is 12.4 Å². The summed E-state index contributed by atoms with van der Waals surface area (Å²) >= 11 is 1.41. The lowest BCUT2D eigenvalue weighted by Crippen LogP contribution is -2.13. The molecule has 0 saturated carbocycles. The number of hydrogen-bond acceptors (Lipinski definition) is 4. The van der Waals surface area contributed by atoms with Gasteiger partial charge in [0.25, 0.3) is 5.56 Å². The molecule has 3 aromatic heterocycles. The Bertz CT molecular complexity index is 724. The highest BCUT2D eigenvalue weighted by molar-refractivity contribution is 7.17. The molecule has 0 fully saturated rings. The maximum Gasteiger partial charge on any atom is 0.268 e. The Morgan fingerprint density at radius 2 is 2.41 bits per heavy atom. The van der Waals surface area contributed by atoms with Gasteiger partial charge in [0.1, 0.15) is 16.3 Å². The predicted octanol–water partition coefficient (Wildman–Crippen LogP) is 1.54. The largest absolute Gasteiger partial charge is 0.328 e.